The molecule has 0 fully saturated rings. The number of carbonyl (C=O) groups excluding carboxylic acids is 2. The van der Waals surface area contributed by atoms with Gasteiger partial charge < -0.3 is 16.4 Å². The number of nitrogens with two attached hydrogens (primary N) is 1. The molecule has 4 N–H and O–H groups in total. The number of anilines is 2. The van der Waals surface area contributed by atoms with E-state index in [2.05, 4.69) is 20.6 Å². The van der Waals surface area contributed by atoms with Gasteiger partial charge in [0.1, 0.15) is 12.1 Å². The van der Waals surface area contributed by atoms with Crippen molar-refractivity contribution in [3.05, 3.63) is 47.9 Å². The molecule has 1 heterocycles. The maximum atomic E-state index is 13.0. The predicted octanol–water partition coefficient (Wildman–Crippen LogP) is 0.592. The molecule has 0 atom stereocenters. The largest absolute Gasteiger partial charge is 0.383 e. The molecule has 0 saturated heterocycles. The minimum atomic E-state index is -1.13. The average Bonchev–Trinajstić information content (AvgIpc) is 2.50. The van der Waals surface area contributed by atoms with Crippen LogP contribution in [0.2, 0.25) is 0 Å². The Labute approximate surface area is 123 Å². The SMILES string of the molecule is Nc1ncncc1CNC(=O)C(=O)Nc1ccc(F)c(F)c1. The molecule has 0 saturated carbocycles. The van der Waals surface area contributed by atoms with Crippen LogP contribution in [0.4, 0.5) is 20.3 Å². The molecule has 22 heavy (non-hydrogen) atoms. The molecular weight excluding hydrogens is 296 g/mol. The first kappa shape index (κ1) is 15.3. The first-order valence-electron chi connectivity index (χ1n) is 6.06. The van der Waals surface area contributed by atoms with Crippen molar-refractivity contribution in [3.63, 3.8) is 0 Å². The summed E-state index contributed by atoms with van der Waals surface area (Å²) >= 11 is 0. The summed E-state index contributed by atoms with van der Waals surface area (Å²) in [5.41, 5.74) is 5.96. The van der Waals surface area contributed by atoms with E-state index in [0.717, 1.165) is 18.2 Å². The highest BCUT2D eigenvalue weighted by atomic mass is 19.2. The Bertz CT molecular complexity index is 723. The van der Waals surface area contributed by atoms with E-state index in [4.69, 9.17) is 5.73 Å². The normalized spacial score (nSPS) is 10.1. The van der Waals surface area contributed by atoms with Crippen molar-refractivity contribution in [1.29, 1.82) is 0 Å². The second kappa shape index (κ2) is 6.57. The number of hydrogen-bond acceptors (Lipinski definition) is 5. The second-order valence-corrected chi connectivity index (χ2v) is 4.20. The zero-order chi connectivity index (χ0) is 16.1. The lowest BCUT2D eigenvalue weighted by Crippen LogP contribution is -2.35. The maximum absolute atomic E-state index is 13.0. The summed E-state index contributed by atoms with van der Waals surface area (Å²) in [6.45, 7) is -0.0449. The Morgan fingerprint density at radius 1 is 1.18 bits per heavy atom. The van der Waals surface area contributed by atoms with E-state index in [-0.39, 0.29) is 18.1 Å². The summed E-state index contributed by atoms with van der Waals surface area (Å²) in [4.78, 5) is 30.7. The third-order valence-corrected chi connectivity index (χ3v) is 2.65. The molecule has 2 aromatic rings. The average molecular weight is 307 g/mol. The topological polar surface area (TPSA) is 110 Å². The van der Waals surface area contributed by atoms with Gasteiger partial charge >= 0.3 is 11.8 Å². The number of halogens is 2. The van der Waals surface area contributed by atoms with Crippen LogP contribution in [0.1, 0.15) is 5.56 Å². The Morgan fingerprint density at radius 3 is 2.64 bits per heavy atom. The number of nitrogens with one attached hydrogen (secondary N) is 2. The number of hydrogen-bond donors (Lipinski definition) is 3. The van der Waals surface area contributed by atoms with Crippen LogP contribution in [0, 0.1) is 11.6 Å². The smallest absolute Gasteiger partial charge is 0.313 e. The highest BCUT2D eigenvalue weighted by Gasteiger charge is 2.15. The molecule has 0 unspecified atom stereocenters. The van der Waals surface area contributed by atoms with Crippen molar-refractivity contribution in [2.24, 2.45) is 0 Å². The lowest BCUT2D eigenvalue weighted by Gasteiger charge is -2.07. The molecule has 9 heteroatoms. The van der Waals surface area contributed by atoms with Gasteiger partial charge in [0.05, 0.1) is 0 Å². The summed E-state index contributed by atoms with van der Waals surface area (Å²) in [6, 6.07) is 2.74. The molecule has 1 aromatic carbocycles. The fraction of sp³-hybridized carbons (Fsp3) is 0.0769. The first-order valence-corrected chi connectivity index (χ1v) is 6.06. The van der Waals surface area contributed by atoms with E-state index in [1.807, 2.05) is 0 Å². The minimum absolute atomic E-state index is 0.0402. The van der Waals surface area contributed by atoms with Crippen LogP contribution in [0.15, 0.2) is 30.7 Å². The summed E-state index contributed by atoms with van der Waals surface area (Å²) in [5, 5.41) is 4.45. The van der Waals surface area contributed by atoms with Gasteiger partial charge in [-0.1, -0.05) is 0 Å². The Hall–Kier alpha value is -3.10. The first-order chi connectivity index (χ1) is 10.5. The van der Waals surface area contributed by atoms with Crippen molar-refractivity contribution in [1.82, 2.24) is 15.3 Å². The van der Waals surface area contributed by atoms with E-state index in [1.165, 1.54) is 12.5 Å². The Balaban J connectivity index is 1.93. The lowest BCUT2D eigenvalue weighted by atomic mass is 10.3. The summed E-state index contributed by atoms with van der Waals surface area (Å²) in [7, 11) is 0. The quantitative estimate of drug-likeness (QED) is 0.719. The Kier molecular flexibility index (Phi) is 4.57. The van der Waals surface area contributed by atoms with Gasteiger partial charge in [-0.2, -0.15) is 0 Å². The fourth-order valence-electron chi connectivity index (χ4n) is 1.52. The van der Waals surface area contributed by atoms with Crippen molar-refractivity contribution in [3.8, 4) is 0 Å². The van der Waals surface area contributed by atoms with Gasteiger partial charge in [0, 0.05) is 30.1 Å². The van der Waals surface area contributed by atoms with Crippen molar-refractivity contribution >= 4 is 23.3 Å². The van der Waals surface area contributed by atoms with Crippen molar-refractivity contribution in [2.75, 3.05) is 11.1 Å². The van der Waals surface area contributed by atoms with Gasteiger partial charge in [-0.15, -0.1) is 0 Å². The van der Waals surface area contributed by atoms with E-state index in [0.29, 0.717) is 5.56 Å². The minimum Gasteiger partial charge on any atom is -0.383 e. The molecule has 0 aliphatic carbocycles. The maximum Gasteiger partial charge on any atom is 0.313 e. The number of nitrogen functional groups attached to an aromatic ring is 1. The van der Waals surface area contributed by atoms with Crippen molar-refractivity contribution in [2.45, 2.75) is 6.54 Å². The molecule has 114 valence electrons. The molecular formula is C13H11F2N5O2. The zero-order valence-electron chi connectivity index (χ0n) is 11.1. The summed E-state index contributed by atoms with van der Waals surface area (Å²) < 4.78 is 25.7. The van der Waals surface area contributed by atoms with Gasteiger partial charge in [0.2, 0.25) is 0 Å². The number of aromatic nitrogens is 2. The number of amides is 2. The molecule has 0 aliphatic heterocycles. The third kappa shape index (κ3) is 3.72. The van der Waals surface area contributed by atoms with Gasteiger partial charge in [-0.3, -0.25) is 9.59 Å². The van der Waals surface area contributed by atoms with E-state index < -0.39 is 23.4 Å². The predicted molar refractivity (Wildman–Crippen MR) is 73.3 cm³/mol. The van der Waals surface area contributed by atoms with Crippen molar-refractivity contribution < 1.29 is 18.4 Å². The lowest BCUT2D eigenvalue weighted by molar-refractivity contribution is -0.136. The highest BCUT2D eigenvalue weighted by Crippen LogP contribution is 2.12. The van der Waals surface area contributed by atoms with E-state index in [1.54, 1.807) is 0 Å². The molecule has 0 aliphatic rings. The molecule has 7 nitrogen and oxygen atoms in total. The monoisotopic (exact) mass is 307 g/mol. The van der Waals surface area contributed by atoms with Crippen LogP contribution in [0.3, 0.4) is 0 Å². The van der Waals surface area contributed by atoms with Crippen LogP contribution in [-0.2, 0) is 16.1 Å². The van der Waals surface area contributed by atoms with E-state index >= 15 is 0 Å². The molecule has 0 radical (unpaired) electrons. The van der Waals surface area contributed by atoms with Crippen LogP contribution < -0.4 is 16.4 Å². The zero-order valence-corrected chi connectivity index (χ0v) is 11.1. The standard InChI is InChI=1S/C13H11F2N5O2/c14-9-2-1-8(3-10(9)15)20-13(22)12(21)18-5-7-4-17-6-19-11(7)16/h1-4,6H,5H2,(H,18,21)(H,20,22)(H2,16,17,19). The Morgan fingerprint density at radius 2 is 1.95 bits per heavy atom. The number of nitrogens with zero attached hydrogens (tertiary/aromatic N) is 2. The fourth-order valence-corrected chi connectivity index (χ4v) is 1.52. The molecule has 2 amide bonds. The molecule has 2 rings (SSSR count). The number of benzene rings is 1. The molecule has 0 spiro atoms. The van der Waals surface area contributed by atoms with Gasteiger partial charge in [0.25, 0.3) is 0 Å². The van der Waals surface area contributed by atoms with Crippen LogP contribution in [0.25, 0.3) is 0 Å². The third-order valence-electron chi connectivity index (χ3n) is 2.65. The molecule has 1 aromatic heterocycles. The number of carbonyl (C=O) groups is 2. The van der Waals surface area contributed by atoms with Gasteiger partial charge in [-0.05, 0) is 12.1 Å². The number of rotatable bonds is 3. The molecule has 0 bridgehead atoms. The van der Waals surface area contributed by atoms with Gasteiger partial charge in [0.15, 0.2) is 11.6 Å². The summed E-state index contributed by atoms with van der Waals surface area (Å²) in [6.07, 6.45) is 2.65. The van der Waals surface area contributed by atoms with Crippen LogP contribution in [0.5, 0.6) is 0 Å². The summed E-state index contributed by atoms with van der Waals surface area (Å²) in [5.74, 6) is -4.00. The van der Waals surface area contributed by atoms with E-state index in [9.17, 15) is 18.4 Å². The van der Waals surface area contributed by atoms with Crippen LogP contribution in [-0.4, -0.2) is 21.8 Å². The van der Waals surface area contributed by atoms with Crippen LogP contribution >= 0.6 is 0 Å². The second-order valence-electron chi connectivity index (χ2n) is 4.20. The van der Waals surface area contributed by atoms with Gasteiger partial charge in [-0.25, -0.2) is 18.7 Å². The highest BCUT2D eigenvalue weighted by molar-refractivity contribution is 6.39.